The number of hydrogen-bond donors (Lipinski definition) is 0. The number of carbonyl (C=O) groups is 2. The molecule has 1 aliphatic rings. The first kappa shape index (κ1) is 14.6. The van der Waals surface area contributed by atoms with Crippen LogP contribution in [-0.2, 0) is 19.1 Å². The third kappa shape index (κ3) is 3.21. The molecule has 1 aliphatic heterocycles. The molecule has 0 fully saturated rings. The lowest BCUT2D eigenvalue weighted by Gasteiger charge is -2.07. The Labute approximate surface area is 125 Å². The van der Waals surface area contributed by atoms with Crippen LogP contribution in [0.5, 0.6) is 0 Å². The Morgan fingerprint density at radius 2 is 2.15 bits per heavy atom. The number of rotatable bonds is 4. The fourth-order valence-corrected chi connectivity index (χ4v) is 1.97. The van der Waals surface area contributed by atoms with Gasteiger partial charge in [-0.3, -0.25) is 0 Å². The smallest absolute Gasteiger partial charge is 0.339 e. The first-order valence-corrected chi connectivity index (χ1v) is 6.44. The second-order valence-electron chi connectivity index (χ2n) is 3.99. The van der Waals surface area contributed by atoms with Crippen LogP contribution in [0.1, 0.15) is 5.56 Å². The number of halogens is 2. The van der Waals surface area contributed by atoms with Crippen molar-refractivity contribution in [1.29, 1.82) is 0 Å². The predicted molar refractivity (Wildman–Crippen MR) is 75.5 cm³/mol. The molecule has 1 atom stereocenters. The van der Waals surface area contributed by atoms with Gasteiger partial charge in [-0.25, -0.2) is 9.59 Å². The van der Waals surface area contributed by atoms with E-state index in [1.165, 1.54) is 0 Å². The van der Waals surface area contributed by atoms with E-state index in [0.29, 0.717) is 21.2 Å². The average Bonchev–Trinajstić information content (AvgIpc) is 2.80. The first-order valence-electron chi connectivity index (χ1n) is 5.68. The zero-order valence-electron chi connectivity index (χ0n) is 10.3. The summed E-state index contributed by atoms with van der Waals surface area (Å²) in [4.78, 5) is 22.7. The summed E-state index contributed by atoms with van der Waals surface area (Å²) in [5.74, 6) is -1.07. The highest BCUT2D eigenvalue weighted by atomic mass is 35.5. The zero-order chi connectivity index (χ0) is 14.7. The van der Waals surface area contributed by atoms with Gasteiger partial charge in [-0.2, -0.15) is 0 Å². The highest BCUT2D eigenvalue weighted by molar-refractivity contribution is 6.42. The lowest BCUT2D eigenvalue weighted by Crippen LogP contribution is -2.17. The van der Waals surface area contributed by atoms with Gasteiger partial charge in [0.15, 0.2) is 6.10 Å². The fraction of sp³-hybridized carbons (Fsp3) is 0.143. The molecule has 1 unspecified atom stereocenters. The minimum absolute atomic E-state index is 0.0542. The molecule has 0 spiro atoms. The number of carbonyl (C=O) groups excluding carboxylic acids is 2. The van der Waals surface area contributed by atoms with Crippen LogP contribution in [0.25, 0.3) is 5.57 Å². The maximum Gasteiger partial charge on any atom is 0.339 e. The van der Waals surface area contributed by atoms with Crippen LogP contribution in [0.3, 0.4) is 0 Å². The summed E-state index contributed by atoms with van der Waals surface area (Å²) in [7, 11) is 0. The van der Waals surface area contributed by atoms with Crippen LogP contribution in [0.15, 0.2) is 36.9 Å². The van der Waals surface area contributed by atoms with Gasteiger partial charge in [0.25, 0.3) is 0 Å². The first-order chi connectivity index (χ1) is 9.51. The maximum absolute atomic E-state index is 11.8. The molecule has 4 nitrogen and oxygen atoms in total. The highest BCUT2D eigenvalue weighted by Gasteiger charge is 2.27. The summed E-state index contributed by atoms with van der Waals surface area (Å²) in [5, 5.41) is 0.748. The second-order valence-corrected chi connectivity index (χ2v) is 4.80. The molecule has 0 aromatic heterocycles. The van der Waals surface area contributed by atoms with Gasteiger partial charge < -0.3 is 9.47 Å². The Morgan fingerprint density at radius 3 is 2.80 bits per heavy atom. The summed E-state index contributed by atoms with van der Waals surface area (Å²) < 4.78 is 9.90. The molecular formula is C14H10Cl2O4. The van der Waals surface area contributed by atoms with Crippen LogP contribution in [0.4, 0.5) is 0 Å². The van der Waals surface area contributed by atoms with E-state index in [9.17, 15) is 9.59 Å². The summed E-state index contributed by atoms with van der Waals surface area (Å²) in [6.45, 7) is 3.22. The third-order valence-electron chi connectivity index (χ3n) is 2.62. The van der Waals surface area contributed by atoms with E-state index in [4.69, 9.17) is 32.7 Å². The predicted octanol–water partition coefficient (Wildman–Crippen LogP) is 3.03. The molecule has 1 heterocycles. The van der Waals surface area contributed by atoms with E-state index >= 15 is 0 Å². The van der Waals surface area contributed by atoms with Gasteiger partial charge >= 0.3 is 11.9 Å². The lowest BCUT2D eigenvalue weighted by atomic mass is 10.1. The monoisotopic (exact) mass is 312 g/mol. The summed E-state index contributed by atoms with van der Waals surface area (Å²) in [6, 6.07) is 4.84. The topological polar surface area (TPSA) is 52.6 Å². The molecule has 20 heavy (non-hydrogen) atoms. The largest absolute Gasteiger partial charge is 0.458 e. The average molecular weight is 313 g/mol. The molecule has 1 aromatic rings. The summed E-state index contributed by atoms with van der Waals surface area (Å²) >= 11 is 11.7. The molecule has 104 valence electrons. The Hall–Kier alpha value is -1.78. The molecule has 6 heteroatoms. The minimum Gasteiger partial charge on any atom is -0.458 e. The molecule has 0 saturated heterocycles. The lowest BCUT2D eigenvalue weighted by molar-refractivity contribution is -0.147. The van der Waals surface area contributed by atoms with E-state index in [2.05, 4.69) is 6.58 Å². The Kier molecular flexibility index (Phi) is 4.47. The summed E-state index contributed by atoms with van der Waals surface area (Å²) in [6.07, 6.45) is 2.01. The number of esters is 2. The van der Waals surface area contributed by atoms with Crippen LogP contribution in [-0.4, -0.2) is 24.6 Å². The Morgan fingerprint density at radius 1 is 1.40 bits per heavy atom. The number of benzene rings is 1. The number of ether oxygens (including phenoxy) is 2. The van der Waals surface area contributed by atoms with Crippen molar-refractivity contribution in [1.82, 2.24) is 0 Å². The zero-order valence-corrected chi connectivity index (χ0v) is 11.8. The quantitative estimate of drug-likeness (QED) is 0.633. The van der Waals surface area contributed by atoms with E-state index in [0.717, 1.165) is 6.08 Å². The van der Waals surface area contributed by atoms with Gasteiger partial charge in [-0.05, 0) is 23.8 Å². The maximum atomic E-state index is 11.8. The van der Waals surface area contributed by atoms with Crippen LogP contribution in [0.2, 0.25) is 10.0 Å². The van der Waals surface area contributed by atoms with Crippen LogP contribution in [0, 0.1) is 0 Å². The van der Waals surface area contributed by atoms with Crippen molar-refractivity contribution in [3.63, 3.8) is 0 Å². The molecule has 0 radical (unpaired) electrons. The van der Waals surface area contributed by atoms with Crippen molar-refractivity contribution in [3.8, 4) is 0 Å². The van der Waals surface area contributed by atoms with Crippen molar-refractivity contribution in [2.24, 2.45) is 0 Å². The van der Waals surface area contributed by atoms with Crippen molar-refractivity contribution in [2.45, 2.75) is 6.10 Å². The van der Waals surface area contributed by atoms with Gasteiger partial charge in [0.05, 0.1) is 15.6 Å². The molecule has 0 saturated carbocycles. The van der Waals surface area contributed by atoms with Gasteiger partial charge in [-0.15, -0.1) is 0 Å². The standard InChI is InChI=1S/C14H10Cl2O4/c1-2-13(17)19-7-9-6-10(14(18)20-9)8-3-4-11(15)12(16)5-8/h2-6,9H,1,7H2. The van der Waals surface area contributed by atoms with E-state index in [1.807, 2.05) is 0 Å². The fourth-order valence-electron chi connectivity index (χ4n) is 1.67. The van der Waals surface area contributed by atoms with E-state index in [1.54, 1.807) is 24.3 Å². The molecule has 1 aromatic carbocycles. The van der Waals surface area contributed by atoms with Gasteiger partial charge in [0, 0.05) is 6.08 Å². The van der Waals surface area contributed by atoms with Crippen LogP contribution < -0.4 is 0 Å². The number of hydrogen-bond acceptors (Lipinski definition) is 4. The van der Waals surface area contributed by atoms with Crippen molar-refractivity contribution < 1.29 is 19.1 Å². The highest BCUT2D eigenvalue weighted by Crippen LogP contribution is 2.29. The van der Waals surface area contributed by atoms with Gasteiger partial charge in [0.2, 0.25) is 0 Å². The second kappa shape index (κ2) is 6.11. The van der Waals surface area contributed by atoms with Gasteiger partial charge in [-0.1, -0.05) is 35.8 Å². The molecule has 0 amide bonds. The van der Waals surface area contributed by atoms with Crippen molar-refractivity contribution in [2.75, 3.05) is 6.61 Å². The summed E-state index contributed by atoms with van der Waals surface area (Å²) in [5.41, 5.74) is 0.963. The number of cyclic esters (lactones) is 1. The van der Waals surface area contributed by atoms with E-state index < -0.39 is 18.0 Å². The normalized spacial score (nSPS) is 17.4. The molecule has 0 bridgehead atoms. The molecule has 2 rings (SSSR count). The third-order valence-corrected chi connectivity index (χ3v) is 3.36. The van der Waals surface area contributed by atoms with Gasteiger partial charge in [0.1, 0.15) is 6.61 Å². The van der Waals surface area contributed by atoms with E-state index in [-0.39, 0.29) is 6.61 Å². The van der Waals surface area contributed by atoms with Crippen molar-refractivity contribution in [3.05, 3.63) is 52.5 Å². The van der Waals surface area contributed by atoms with Crippen molar-refractivity contribution >= 4 is 40.7 Å². The molecule has 0 aliphatic carbocycles. The van der Waals surface area contributed by atoms with Crippen LogP contribution >= 0.6 is 23.2 Å². The molecular weight excluding hydrogens is 303 g/mol. The SMILES string of the molecule is C=CC(=O)OCC1C=C(c2ccc(Cl)c(Cl)c2)C(=O)O1. The Bertz CT molecular complexity index is 607. The Balaban J connectivity index is 2.14. The molecule has 0 N–H and O–H groups in total. The minimum atomic E-state index is -0.615.